The van der Waals surface area contributed by atoms with Crippen LogP contribution in [0.1, 0.15) is 18.5 Å². The topological polar surface area (TPSA) is 24.1 Å². The molecule has 1 saturated heterocycles. The number of rotatable bonds is 1. The molecule has 2 rings (SSSR count). The summed E-state index contributed by atoms with van der Waals surface area (Å²) in [7, 11) is 0. The largest absolute Gasteiger partial charge is 0.311 e. The van der Waals surface area contributed by atoms with Crippen LogP contribution in [0.5, 0.6) is 0 Å². The first-order valence-corrected chi connectivity index (χ1v) is 4.88. The van der Waals surface area contributed by atoms with Gasteiger partial charge in [-0.05, 0) is 12.5 Å². The summed E-state index contributed by atoms with van der Waals surface area (Å²) in [5.41, 5.74) is 1.38. The minimum atomic E-state index is 0.484. The molecule has 1 fully saturated rings. The van der Waals surface area contributed by atoms with E-state index < -0.39 is 0 Å². The molecule has 1 aromatic carbocycles. The maximum atomic E-state index is 3.52. The molecule has 13 heavy (non-hydrogen) atoms. The molecule has 2 heteroatoms. The van der Waals surface area contributed by atoms with Crippen LogP contribution in [0.2, 0.25) is 0 Å². The molecule has 0 spiro atoms. The first-order chi connectivity index (χ1) is 6.36. The smallest absolute Gasteiger partial charge is 0.0447 e. The van der Waals surface area contributed by atoms with E-state index in [0.717, 1.165) is 13.1 Å². The minimum Gasteiger partial charge on any atom is -0.311 e. The van der Waals surface area contributed by atoms with Crippen LogP contribution in [0.3, 0.4) is 0 Å². The Morgan fingerprint density at radius 1 is 1.08 bits per heavy atom. The molecule has 1 heterocycles. The average molecular weight is 176 g/mol. The van der Waals surface area contributed by atoms with Gasteiger partial charge in [-0.15, -0.1) is 0 Å². The summed E-state index contributed by atoms with van der Waals surface area (Å²) in [6.45, 7) is 4.29. The fourth-order valence-electron chi connectivity index (χ4n) is 1.70. The Balaban J connectivity index is 2.03. The van der Waals surface area contributed by atoms with Crippen molar-refractivity contribution < 1.29 is 0 Å². The molecule has 70 valence electrons. The van der Waals surface area contributed by atoms with Crippen LogP contribution in [-0.4, -0.2) is 19.1 Å². The van der Waals surface area contributed by atoms with Gasteiger partial charge in [0.05, 0.1) is 0 Å². The Morgan fingerprint density at radius 3 is 2.46 bits per heavy atom. The minimum absolute atomic E-state index is 0.484. The first kappa shape index (κ1) is 8.73. The van der Waals surface area contributed by atoms with Crippen molar-refractivity contribution >= 4 is 0 Å². The van der Waals surface area contributed by atoms with Crippen molar-refractivity contribution in [3.8, 4) is 0 Å². The Hall–Kier alpha value is -0.860. The SMILES string of the molecule is C[C@@H]1CN[C@H](c2ccccc2)CN1. The molecule has 2 N–H and O–H groups in total. The van der Waals surface area contributed by atoms with Crippen LogP contribution in [0.4, 0.5) is 0 Å². The lowest BCUT2D eigenvalue weighted by atomic mass is 10.0. The lowest BCUT2D eigenvalue weighted by Gasteiger charge is -2.29. The van der Waals surface area contributed by atoms with Crippen LogP contribution in [-0.2, 0) is 0 Å². The van der Waals surface area contributed by atoms with Gasteiger partial charge in [-0.2, -0.15) is 0 Å². The quantitative estimate of drug-likeness (QED) is 0.674. The maximum Gasteiger partial charge on any atom is 0.0447 e. The molecule has 0 saturated carbocycles. The van der Waals surface area contributed by atoms with E-state index in [1.807, 2.05) is 0 Å². The summed E-state index contributed by atoms with van der Waals surface area (Å²) in [6.07, 6.45) is 0. The summed E-state index contributed by atoms with van der Waals surface area (Å²) < 4.78 is 0. The van der Waals surface area contributed by atoms with E-state index in [-0.39, 0.29) is 0 Å². The number of hydrogen-bond acceptors (Lipinski definition) is 2. The van der Waals surface area contributed by atoms with E-state index in [1.54, 1.807) is 0 Å². The van der Waals surface area contributed by atoms with Crippen LogP contribution >= 0.6 is 0 Å². The summed E-state index contributed by atoms with van der Waals surface area (Å²) in [4.78, 5) is 0. The number of hydrogen-bond donors (Lipinski definition) is 2. The van der Waals surface area contributed by atoms with E-state index in [0.29, 0.717) is 12.1 Å². The van der Waals surface area contributed by atoms with Gasteiger partial charge < -0.3 is 10.6 Å². The molecule has 0 amide bonds. The number of benzene rings is 1. The maximum absolute atomic E-state index is 3.52. The highest BCUT2D eigenvalue weighted by molar-refractivity contribution is 5.19. The monoisotopic (exact) mass is 176 g/mol. The van der Waals surface area contributed by atoms with E-state index in [4.69, 9.17) is 0 Å². The lowest BCUT2D eigenvalue weighted by molar-refractivity contribution is 0.366. The zero-order chi connectivity index (χ0) is 9.10. The zero-order valence-corrected chi connectivity index (χ0v) is 7.96. The van der Waals surface area contributed by atoms with Crippen molar-refractivity contribution in [2.75, 3.05) is 13.1 Å². The Bertz CT molecular complexity index is 250. The van der Waals surface area contributed by atoms with Crippen molar-refractivity contribution in [2.24, 2.45) is 0 Å². The average Bonchev–Trinajstić information content (AvgIpc) is 2.20. The van der Waals surface area contributed by atoms with Crippen molar-refractivity contribution in [1.82, 2.24) is 10.6 Å². The van der Waals surface area contributed by atoms with Crippen molar-refractivity contribution in [1.29, 1.82) is 0 Å². The molecule has 1 aromatic rings. The molecule has 0 bridgehead atoms. The van der Waals surface area contributed by atoms with Gasteiger partial charge in [0.2, 0.25) is 0 Å². The lowest BCUT2D eigenvalue weighted by Crippen LogP contribution is -2.48. The molecule has 2 nitrogen and oxygen atoms in total. The molecular weight excluding hydrogens is 160 g/mol. The van der Waals surface area contributed by atoms with E-state index in [1.165, 1.54) is 5.56 Å². The van der Waals surface area contributed by atoms with Gasteiger partial charge in [0.15, 0.2) is 0 Å². The third-order valence-corrected chi connectivity index (χ3v) is 2.54. The van der Waals surface area contributed by atoms with Gasteiger partial charge in [-0.25, -0.2) is 0 Å². The number of piperazine rings is 1. The highest BCUT2D eigenvalue weighted by Crippen LogP contribution is 2.13. The van der Waals surface area contributed by atoms with Gasteiger partial charge in [0.25, 0.3) is 0 Å². The fourth-order valence-corrected chi connectivity index (χ4v) is 1.70. The highest BCUT2D eigenvalue weighted by Gasteiger charge is 2.17. The Labute approximate surface area is 79.4 Å². The van der Waals surface area contributed by atoms with Gasteiger partial charge in [0, 0.05) is 25.2 Å². The van der Waals surface area contributed by atoms with Gasteiger partial charge in [-0.1, -0.05) is 30.3 Å². The fraction of sp³-hybridized carbons (Fsp3) is 0.455. The zero-order valence-electron chi connectivity index (χ0n) is 7.96. The summed E-state index contributed by atoms with van der Waals surface area (Å²) in [5, 5.41) is 6.99. The van der Waals surface area contributed by atoms with Gasteiger partial charge in [0.1, 0.15) is 0 Å². The Kier molecular flexibility index (Phi) is 2.62. The second-order valence-electron chi connectivity index (χ2n) is 3.68. The Morgan fingerprint density at radius 2 is 1.85 bits per heavy atom. The summed E-state index contributed by atoms with van der Waals surface area (Å²) >= 11 is 0. The predicted molar refractivity (Wildman–Crippen MR) is 54.7 cm³/mol. The highest BCUT2D eigenvalue weighted by atomic mass is 15.1. The second-order valence-corrected chi connectivity index (χ2v) is 3.68. The summed E-state index contributed by atoms with van der Waals surface area (Å²) in [5.74, 6) is 0. The first-order valence-electron chi connectivity index (χ1n) is 4.88. The van der Waals surface area contributed by atoms with E-state index >= 15 is 0 Å². The standard InChI is InChI=1S/C11H16N2/c1-9-7-13-11(8-12-9)10-5-3-2-4-6-10/h2-6,9,11-13H,7-8H2,1H3/t9-,11+/m1/s1. The van der Waals surface area contributed by atoms with Crippen molar-refractivity contribution in [3.05, 3.63) is 35.9 Å². The molecule has 0 radical (unpaired) electrons. The van der Waals surface area contributed by atoms with Crippen LogP contribution in [0, 0.1) is 0 Å². The molecule has 0 unspecified atom stereocenters. The van der Waals surface area contributed by atoms with E-state index in [9.17, 15) is 0 Å². The number of nitrogens with one attached hydrogen (secondary N) is 2. The summed E-state index contributed by atoms with van der Waals surface area (Å²) in [6, 6.07) is 11.7. The third kappa shape index (κ3) is 2.08. The van der Waals surface area contributed by atoms with Gasteiger partial charge >= 0.3 is 0 Å². The molecule has 1 aliphatic rings. The van der Waals surface area contributed by atoms with Crippen LogP contribution < -0.4 is 10.6 Å². The third-order valence-electron chi connectivity index (χ3n) is 2.54. The normalized spacial score (nSPS) is 28.7. The van der Waals surface area contributed by atoms with Crippen LogP contribution in [0.25, 0.3) is 0 Å². The van der Waals surface area contributed by atoms with Crippen molar-refractivity contribution in [2.45, 2.75) is 19.0 Å². The van der Waals surface area contributed by atoms with E-state index in [2.05, 4.69) is 47.9 Å². The molecule has 1 aliphatic heterocycles. The predicted octanol–water partition coefficient (Wildman–Crippen LogP) is 1.31. The van der Waals surface area contributed by atoms with Crippen molar-refractivity contribution in [3.63, 3.8) is 0 Å². The second kappa shape index (κ2) is 3.90. The molecule has 2 atom stereocenters. The van der Waals surface area contributed by atoms with Gasteiger partial charge in [-0.3, -0.25) is 0 Å². The molecule has 0 aliphatic carbocycles. The van der Waals surface area contributed by atoms with Crippen LogP contribution in [0.15, 0.2) is 30.3 Å². The molecule has 0 aromatic heterocycles. The molecular formula is C11H16N2.